The van der Waals surface area contributed by atoms with Gasteiger partial charge in [-0.3, -0.25) is 10.2 Å². The van der Waals surface area contributed by atoms with Crippen LogP contribution in [0.3, 0.4) is 0 Å². The number of pyridine rings is 1. The molecular weight excluding hydrogens is 352 g/mol. The van der Waals surface area contributed by atoms with Crippen molar-refractivity contribution in [1.29, 1.82) is 0 Å². The maximum atomic E-state index is 12.8. The summed E-state index contributed by atoms with van der Waals surface area (Å²) < 4.78 is 11.9. The molecule has 0 fully saturated rings. The smallest absolute Gasteiger partial charge is 0.347 e. The number of nitrogens with zero attached hydrogens (tertiary/aromatic N) is 4. The van der Waals surface area contributed by atoms with Crippen molar-refractivity contribution in [2.45, 2.75) is 6.92 Å². The molecule has 3 aromatic heterocycles. The number of rotatable bonds is 5. The van der Waals surface area contributed by atoms with Crippen molar-refractivity contribution in [2.24, 2.45) is 0 Å². The minimum absolute atomic E-state index is 0.0154. The molecule has 0 radical (unpaired) electrons. The van der Waals surface area contributed by atoms with Gasteiger partial charge in [-0.2, -0.15) is 0 Å². The minimum atomic E-state index is -0.776. The Morgan fingerprint density at radius 2 is 2.22 bits per heavy atom. The minimum Gasteiger partial charge on any atom is -0.462 e. The molecule has 0 bridgehead atoms. The summed E-state index contributed by atoms with van der Waals surface area (Å²) >= 11 is 0. The third-order valence-electron chi connectivity index (χ3n) is 3.79. The maximum Gasteiger partial charge on any atom is 0.347 e. The van der Waals surface area contributed by atoms with Gasteiger partial charge in [0.2, 0.25) is 11.7 Å². The summed E-state index contributed by atoms with van der Waals surface area (Å²) in [4.78, 5) is 32.2. The predicted octanol–water partition coefficient (Wildman–Crippen LogP) is 1.11. The monoisotopic (exact) mass is 366 g/mol. The second-order valence-electron chi connectivity index (χ2n) is 5.49. The largest absolute Gasteiger partial charge is 0.462 e. The molecule has 1 aliphatic heterocycles. The summed E-state index contributed by atoms with van der Waals surface area (Å²) in [5.41, 5.74) is 3.91. The van der Waals surface area contributed by atoms with E-state index >= 15 is 0 Å². The second kappa shape index (κ2) is 6.75. The molecule has 4 heterocycles. The highest BCUT2D eigenvalue weighted by Crippen LogP contribution is 2.28. The van der Waals surface area contributed by atoms with Crippen molar-refractivity contribution < 1.29 is 19.1 Å². The Labute approximate surface area is 152 Å². The van der Waals surface area contributed by atoms with Crippen LogP contribution >= 0.6 is 0 Å². The Balaban J connectivity index is 1.70. The normalized spacial score (nSPS) is 15.4. The number of hydrogen-bond acceptors (Lipinski definition) is 8. The zero-order chi connectivity index (χ0) is 18.8. The first-order valence-electron chi connectivity index (χ1n) is 8.06. The molecule has 2 N–H and O–H groups in total. The molecule has 0 unspecified atom stereocenters. The number of allylic oxidation sites excluding steroid dienone is 1. The molecule has 0 saturated heterocycles. The Morgan fingerprint density at radius 1 is 1.41 bits per heavy atom. The van der Waals surface area contributed by atoms with Crippen LogP contribution in [0.2, 0.25) is 0 Å². The van der Waals surface area contributed by atoms with Crippen LogP contribution in [-0.4, -0.2) is 43.2 Å². The topological polar surface area (TPSA) is 124 Å². The summed E-state index contributed by atoms with van der Waals surface area (Å²) in [6.45, 7) is 1.78. The van der Waals surface area contributed by atoms with Gasteiger partial charge in [0.15, 0.2) is 11.3 Å². The summed E-state index contributed by atoms with van der Waals surface area (Å²) in [5, 5.41) is 8.12. The molecule has 0 saturated carbocycles. The highest BCUT2D eigenvalue weighted by Gasteiger charge is 2.37. The van der Waals surface area contributed by atoms with Gasteiger partial charge in [0, 0.05) is 23.3 Å². The number of ketones is 1. The van der Waals surface area contributed by atoms with Crippen LogP contribution in [0.4, 0.5) is 0 Å². The highest BCUT2D eigenvalue weighted by molar-refractivity contribution is 6.26. The predicted molar refractivity (Wildman–Crippen MR) is 93.2 cm³/mol. The fraction of sp³-hybridized carbons (Fsp3) is 0.118. The van der Waals surface area contributed by atoms with Gasteiger partial charge in [0.25, 0.3) is 0 Å². The molecule has 0 aromatic carbocycles. The SMILES string of the molecule is CCOC(=O)C1=C(Nn2cnnc2)OC(=Cc2c[nH]c3ncccc23)C1=O. The van der Waals surface area contributed by atoms with Crippen LogP contribution in [0.25, 0.3) is 17.1 Å². The molecule has 0 spiro atoms. The second-order valence-corrected chi connectivity index (χ2v) is 5.49. The first-order valence-corrected chi connectivity index (χ1v) is 8.06. The summed E-state index contributed by atoms with van der Waals surface area (Å²) in [5.74, 6) is -1.43. The van der Waals surface area contributed by atoms with E-state index in [1.807, 2.05) is 6.07 Å². The number of hydrogen-bond donors (Lipinski definition) is 2. The molecule has 4 rings (SSSR count). The molecule has 10 nitrogen and oxygen atoms in total. The molecular formula is C17H14N6O4. The lowest BCUT2D eigenvalue weighted by molar-refractivity contribution is -0.139. The summed E-state index contributed by atoms with van der Waals surface area (Å²) in [6, 6.07) is 3.65. The number of fused-ring (bicyclic) bond motifs is 1. The lowest BCUT2D eigenvalue weighted by Crippen LogP contribution is -2.19. The standard InChI is InChI=1S/C17H14N6O4/c1-2-26-17(25)13-14(24)12(27-16(13)22-23-8-20-21-9-23)6-10-7-19-15-11(10)4-3-5-18-15/h3-9,22H,2H2,1H3,(H,18,19). The third-order valence-corrected chi connectivity index (χ3v) is 3.79. The Bertz CT molecular complexity index is 1080. The van der Waals surface area contributed by atoms with E-state index in [4.69, 9.17) is 9.47 Å². The van der Waals surface area contributed by atoms with E-state index in [-0.39, 0.29) is 23.8 Å². The molecule has 3 aromatic rings. The first-order chi connectivity index (χ1) is 13.2. The summed E-state index contributed by atoms with van der Waals surface area (Å²) in [7, 11) is 0. The van der Waals surface area contributed by atoms with Crippen LogP contribution in [0.15, 0.2) is 54.4 Å². The molecule has 27 heavy (non-hydrogen) atoms. The van der Waals surface area contributed by atoms with E-state index in [1.165, 1.54) is 17.3 Å². The van der Waals surface area contributed by atoms with Crippen molar-refractivity contribution in [3.8, 4) is 0 Å². The number of esters is 1. The zero-order valence-corrected chi connectivity index (χ0v) is 14.2. The van der Waals surface area contributed by atoms with Crippen LogP contribution < -0.4 is 5.43 Å². The Morgan fingerprint density at radius 3 is 3.00 bits per heavy atom. The van der Waals surface area contributed by atoms with Crippen molar-refractivity contribution in [1.82, 2.24) is 24.8 Å². The van der Waals surface area contributed by atoms with Crippen LogP contribution in [-0.2, 0) is 19.1 Å². The van der Waals surface area contributed by atoms with Crippen molar-refractivity contribution in [3.63, 3.8) is 0 Å². The van der Waals surface area contributed by atoms with Gasteiger partial charge >= 0.3 is 5.97 Å². The molecule has 136 valence electrons. The van der Waals surface area contributed by atoms with E-state index in [2.05, 4.69) is 25.6 Å². The van der Waals surface area contributed by atoms with Gasteiger partial charge in [-0.15, -0.1) is 10.2 Å². The number of carbonyl (C=O) groups excluding carboxylic acids is 2. The number of aromatic amines is 1. The average Bonchev–Trinajstić information content (AvgIpc) is 3.37. The van der Waals surface area contributed by atoms with Gasteiger partial charge in [-0.25, -0.2) is 14.5 Å². The van der Waals surface area contributed by atoms with Gasteiger partial charge < -0.3 is 14.5 Å². The average molecular weight is 366 g/mol. The fourth-order valence-corrected chi connectivity index (χ4v) is 2.61. The van der Waals surface area contributed by atoms with E-state index < -0.39 is 11.8 Å². The van der Waals surface area contributed by atoms with Crippen LogP contribution in [0.5, 0.6) is 0 Å². The number of H-pyrrole nitrogens is 1. The van der Waals surface area contributed by atoms with Crippen LogP contribution in [0, 0.1) is 0 Å². The number of Topliss-reactive ketones (excluding diaryl/α,β-unsaturated/α-hetero) is 1. The van der Waals surface area contributed by atoms with E-state index in [9.17, 15) is 9.59 Å². The molecule has 0 atom stereocenters. The lowest BCUT2D eigenvalue weighted by atomic mass is 10.1. The number of nitrogens with one attached hydrogen (secondary N) is 2. The Kier molecular flexibility index (Phi) is 4.13. The maximum absolute atomic E-state index is 12.8. The molecule has 1 aliphatic rings. The van der Waals surface area contributed by atoms with Gasteiger partial charge in [-0.05, 0) is 25.1 Å². The van der Waals surface area contributed by atoms with Crippen molar-refractivity contribution in [3.05, 3.63) is 60.0 Å². The first kappa shape index (κ1) is 16.5. The molecule has 0 amide bonds. The Hall–Kier alpha value is -3.95. The van der Waals surface area contributed by atoms with Gasteiger partial charge in [0.1, 0.15) is 18.3 Å². The quantitative estimate of drug-likeness (QED) is 0.391. The van der Waals surface area contributed by atoms with E-state index in [0.29, 0.717) is 11.2 Å². The van der Waals surface area contributed by atoms with Crippen molar-refractivity contribution in [2.75, 3.05) is 12.0 Å². The van der Waals surface area contributed by atoms with E-state index in [0.717, 1.165) is 5.39 Å². The molecule has 0 aliphatic carbocycles. The fourth-order valence-electron chi connectivity index (χ4n) is 2.61. The highest BCUT2D eigenvalue weighted by atomic mass is 16.5. The van der Waals surface area contributed by atoms with Crippen molar-refractivity contribution >= 4 is 28.9 Å². The van der Waals surface area contributed by atoms with Crippen LogP contribution in [0.1, 0.15) is 12.5 Å². The number of aromatic nitrogens is 5. The summed E-state index contributed by atoms with van der Waals surface area (Å²) in [6.07, 6.45) is 7.63. The molecule has 10 heteroatoms. The number of carbonyl (C=O) groups is 2. The number of ether oxygens (including phenoxy) is 2. The zero-order valence-electron chi connectivity index (χ0n) is 14.2. The van der Waals surface area contributed by atoms with E-state index in [1.54, 1.807) is 31.5 Å². The third kappa shape index (κ3) is 3.03. The van der Waals surface area contributed by atoms with Gasteiger partial charge in [0.05, 0.1) is 6.61 Å². The van der Waals surface area contributed by atoms with Gasteiger partial charge in [-0.1, -0.05) is 0 Å². The lowest BCUT2D eigenvalue weighted by Gasteiger charge is -2.07.